The number of carbonyl (C=O) groups is 2. The number of Topliss-reactive ketones (excluding diaryl/α,β-unsaturated/α-hetero) is 1. The zero-order chi connectivity index (χ0) is 14.7. The Morgan fingerprint density at radius 3 is 2.15 bits per heavy atom. The molecule has 0 aliphatic heterocycles. The van der Waals surface area contributed by atoms with E-state index in [0.717, 1.165) is 10.0 Å². The molecule has 1 amide bonds. The molecule has 0 radical (unpaired) electrons. The van der Waals surface area contributed by atoms with Gasteiger partial charge in [-0.15, -0.1) is 0 Å². The Kier molecular flexibility index (Phi) is 4.35. The van der Waals surface area contributed by atoms with Crippen LogP contribution in [-0.2, 0) is 0 Å². The standard InChI is InChI=1S/C16H14BrNO2/c1-10-9-13(5-8-15(10)17)16(20)18-14-6-3-12(4-7-14)11(2)19/h3-9H,1-2H3,(H,18,20). The Labute approximate surface area is 126 Å². The molecule has 0 unspecified atom stereocenters. The molecular weight excluding hydrogens is 318 g/mol. The van der Waals surface area contributed by atoms with E-state index < -0.39 is 0 Å². The summed E-state index contributed by atoms with van der Waals surface area (Å²) in [4.78, 5) is 23.3. The molecule has 20 heavy (non-hydrogen) atoms. The van der Waals surface area contributed by atoms with Crippen molar-refractivity contribution in [3.8, 4) is 0 Å². The molecule has 0 saturated carbocycles. The molecule has 0 aromatic heterocycles. The van der Waals surface area contributed by atoms with Gasteiger partial charge in [-0.2, -0.15) is 0 Å². The highest BCUT2D eigenvalue weighted by Gasteiger charge is 2.08. The maximum Gasteiger partial charge on any atom is 0.255 e. The number of aryl methyl sites for hydroxylation is 1. The minimum Gasteiger partial charge on any atom is -0.322 e. The number of anilines is 1. The molecule has 2 rings (SSSR count). The number of hydrogen-bond acceptors (Lipinski definition) is 2. The number of benzene rings is 2. The monoisotopic (exact) mass is 331 g/mol. The molecule has 0 heterocycles. The number of rotatable bonds is 3. The summed E-state index contributed by atoms with van der Waals surface area (Å²) in [6.07, 6.45) is 0. The van der Waals surface area contributed by atoms with Crippen molar-refractivity contribution in [3.05, 3.63) is 63.6 Å². The van der Waals surface area contributed by atoms with Crippen molar-refractivity contribution >= 4 is 33.3 Å². The Morgan fingerprint density at radius 1 is 1.00 bits per heavy atom. The average Bonchev–Trinajstić information content (AvgIpc) is 2.42. The van der Waals surface area contributed by atoms with Crippen LogP contribution in [0.5, 0.6) is 0 Å². The van der Waals surface area contributed by atoms with Gasteiger partial charge in [0.25, 0.3) is 5.91 Å². The van der Waals surface area contributed by atoms with Gasteiger partial charge in [-0.3, -0.25) is 9.59 Å². The first-order chi connectivity index (χ1) is 9.47. The molecule has 0 atom stereocenters. The molecule has 2 aromatic carbocycles. The number of amides is 1. The lowest BCUT2D eigenvalue weighted by Gasteiger charge is -2.07. The molecule has 0 fully saturated rings. The third kappa shape index (κ3) is 3.33. The van der Waals surface area contributed by atoms with E-state index in [4.69, 9.17) is 0 Å². The van der Waals surface area contributed by atoms with Gasteiger partial charge in [0.1, 0.15) is 0 Å². The summed E-state index contributed by atoms with van der Waals surface area (Å²) in [5.41, 5.74) is 2.90. The molecule has 0 aliphatic rings. The van der Waals surface area contributed by atoms with Crippen molar-refractivity contribution in [1.29, 1.82) is 0 Å². The zero-order valence-corrected chi connectivity index (χ0v) is 12.8. The van der Waals surface area contributed by atoms with Crippen LogP contribution in [0.15, 0.2) is 46.9 Å². The van der Waals surface area contributed by atoms with Crippen molar-refractivity contribution in [2.75, 3.05) is 5.32 Å². The van der Waals surface area contributed by atoms with Crippen molar-refractivity contribution in [2.24, 2.45) is 0 Å². The fourth-order valence-corrected chi connectivity index (χ4v) is 2.02. The smallest absolute Gasteiger partial charge is 0.255 e. The van der Waals surface area contributed by atoms with Gasteiger partial charge >= 0.3 is 0 Å². The van der Waals surface area contributed by atoms with E-state index in [-0.39, 0.29) is 11.7 Å². The predicted molar refractivity (Wildman–Crippen MR) is 83.3 cm³/mol. The highest BCUT2D eigenvalue weighted by molar-refractivity contribution is 9.10. The van der Waals surface area contributed by atoms with Crippen molar-refractivity contribution in [1.82, 2.24) is 0 Å². The SMILES string of the molecule is CC(=O)c1ccc(NC(=O)c2ccc(Br)c(C)c2)cc1. The minimum atomic E-state index is -0.170. The Morgan fingerprint density at radius 2 is 1.60 bits per heavy atom. The minimum absolute atomic E-state index is 0.00594. The van der Waals surface area contributed by atoms with Crippen LogP contribution in [0.25, 0.3) is 0 Å². The van der Waals surface area contributed by atoms with Crippen LogP contribution in [0, 0.1) is 6.92 Å². The predicted octanol–water partition coefficient (Wildman–Crippen LogP) is 4.21. The topological polar surface area (TPSA) is 46.2 Å². The van der Waals surface area contributed by atoms with Crippen LogP contribution in [0.1, 0.15) is 33.2 Å². The average molecular weight is 332 g/mol. The van der Waals surface area contributed by atoms with Gasteiger partial charge in [-0.25, -0.2) is 0 Å². The van der Waals surface area contributed by atoms with E-state index in [1.165, 1.54) is 6.92 Å². The molecule has 4 heteroatoms. The van der Waals surface area contributed by atoms with Gasteiger partial charge in [0.15, 0.2) is 5.78 Å². The normalized spacial score (nSPS) is 10.2. The van der Waals surface area contributed by atoms with E-state index in [1.807, 2.05) is 19.1 Å². The maximum atomic E-state index is 12.1. The van der Waals surface area contributed by atoms with Crippen molar-refractivity contribution in [3.63, 3.8) is 0 Å². The van der Waals surface area contributed by atoms with Crippen LogP contribution in [-0.4, -0.2) is 11.7 Å². The van der Waals surface area contributed by atoms with Gasteiger partial charge < -0.3 is 5.32 Å². The number of carbonyl (C=O) groups excluding carboxylic acids is 2. The maximum absolute atomic E-state index is 12.1. The van der Waals surface area contributed by atoms with E-state index in [0.29, 0.717) is 16.8 Å². The van der Waals surface area contributed by atoms with Gasteiger partial charge in [0.2, 0.25) is 0 Å². The molecule has 2 aromatic rings. The first-order valence-electron chi connectivity index (χ1n) is 6.16. The molecule has 0 bridgehead atoms. The number of hydrogen-bond donors (Lipinski definition) is 1. The zero-order valence-electron chi connectivity index (χ0n) is 11.2. The molecule has 0 spiro atoms. The van der Waals surface area contributed by atoms with Crippen LogP contribution in [0.4, 0.5) is 5.69 Å². The van der Waals surface area contributed by atoms with Crippen molar-refractivity contribution in [2.45, 2.75) is 13.8 Å². The van der Waals surface area contributed by atoms with Gasteiger partial charge in [0, 0.05) is 21.3 Å². The van der Waals surface area contributed by atoms with Crippen LogP contribution < -0.4 is 5.32 Å². The summed E-state index contributed by atoms with van der Waals surface area (Å²) in [7, 11) is 0. The number of ketones is 1. The van der Waals surface area contributed by atoms with E-state index in [9.17, 15) is 9.59 Å². The summed E-state index contributed by atoms with van der Waals surface area (Å²) in [6.45, 7) is 3.45. The largest absolute Gasteiger partial charge is 0.322 e. The number of halogens is 1. The third-order valence-corrected chi connectivity index (χ3v) is 3.86. The van der Waals surface area contributed by atoms with Crippen molar-refractivity contribution < 1.29 is 9.59 Å². The highest BCUT2D eigenvalue weighted by Crippen LogP contribution is 2.18. The lowest BCUT2D eigenvalue weighted by Crippen LogP contribution is -2.12. The third-order valence-electron chi connectivity index (χ3n) is 2.97. The summed E-state index contributed by atoms with van der Waals surface area (Å²) >= 11 is 3.40. The van der Waals surface area contributed by atoms with E-state index in [1.54, 1.807) is 30.3 Å². The molecule has 0 saturated heterocycles. The fourth-order valence-electron chi connectivity index (χ4n) is 1.78. The second-order valence-corrected chi connectivity index (χ2v) is 5.41. The molecular formula is C16H14BrNO2. The fraction of sp³-hybridized carbons (Fsp3) is 0.125. The number of nitrogens with one attached hydrogen (secondary N) is 1. The first-order valence-corrected chi connectivity index (χ1v) is 6.95. The highest BCUT2D eigenvalue weighted by atomic mass is 79.9. The second kappa shape index (κ2) is 6.01. The van der Waals surface area contributed by atoms with E-state index >= 15 is 0 Å². The van der Waals surface area contributed by atoms with Crippen LogP contribution in [0.2, 0.25) is 0 Å². The summed E-state index contributed by atoms with van der Waals surface area (Å²) in [5.74, 6) is -0.164. The molecule has 3 nitrogen and oxygen atoms in total. The van der Waals surface area contributed by atoms with Crippen LogP contribution in [0.3, 0.4) is 0 Å². The first kappa shape index (κ1) is 14.5. The molecule has 1 N–H and O–H groups in total. The molecule has 0 aliphatic carbocycles. The Bertz CT molecular complexity index is 663. The Balaban J connectivity index is 2.14. The second-order valence-electron chi connectivity index (χ2n) is 4.55. The van der Waals surface area contributed by atoms with Gasteiger partial charge in [0.05, 0.1) is 0 Å². The lowest BCUT2D eigenvalue weighted by molar-refractivity contribution is 0.101. The van der Waals surface area contributed by atoms with Crippen LogP contribution >= 0.6 is 15.9 Å². The van der Waals surface area contributed by atoms with Gasteiger partial charge in [-0.1, -0.05) is 15.9 Å². The summed E-state index contributed by atoms with van der Waals surface area (Å²) < 4.78 is 0.972. The quantitative estimate of drug-likeness (QED) is 0.856. The summed E-state index contributed by atoms with van der Waals surface area (Å²) in [5, 5.41) is 2.81. The van der Waals surface area contributed by atoms with E-state index in [2.05, 4.69) is 21.2 Å². The van der Waals surface area contributed by atoms with Gasteiger partial charge in [-0.05, 0) is 61.9 Å². The molecule has 102 valence electrons. The Hall–Kier alpha value is -1.94. The lowest BCUT2D eigenvalue weighted by atomic mass is 10.1. The summed E-state index contributed by atoms with van der Waals surface area (Å²) in [6, 6.07) is 12.3.